The minimum atomic E-state index is -3.77. The zero-order chi connectivity index (χ0) is 25.3. The maximum absolute atomic E-state index is 12.9. The molecule has 3 heterocycles. The smallest absolute Gasteiger partial charge is 0.282 e. The van der Waals surface area contributed by atoms with E-state index in [0.717, 1.165) is 12.0 Å². The van der Waals surface area contributed by atoms with Crippen LogP contribution in [0.1, 0.15) is 18.2 Å². The number of thiazole rings is 1. The number of amides is 2. The van der Waals surface area contributed by atoms with Crippen molar-refractivity contribution < 1.29 is 22.4 Å². The molecule has 182 valence electrons. The second-order valence-corrected chi connectivity index (χ2v) is 10.4. The lowest BCUT2D eigenvalue weighted by atomic mass is 10.1. The highest BCUT2D eigenvalue weighted by Crippen LogP contribution is 2.27. The summed E-state index contributed by atoms with van der Waals surface area (Å²) in [5, 5.41) is 3.16. The SMILES string of the molecule is CCc1ccc(N2NC(=O)/C(=C/c3ccc(-c4ccc(S(=O)(=O)Nc5nccs5)cc4)o3)C2=O)cc1. The number of rotatable bonds is 7. The molecule has 2 amide bonds. The largest absolute Gasteiger partial charge is 0.457 e. The van der Waals surface area contributed by atoms with Gasteiger partial charge in [-0.1, -0.05) is 19.1 Å². The van der Waals surface area contributed by atoms with Crippen LogP contribution in [0.2, 0.25) is 0 Å². The van der Waals surface area contributed by atoms with Crippen molar-refractivity contribution in [2.45, 2.75) is 18.2 Å². The van der Waals surface area contributed by atoms with Crippen LogP contribution in [0.5, 0.6) is 0 Å². The fraction of sp³-hybridized carbons (Fsp3) is 0.0800. The van der Waals surface area contributed by atoms with Gasteiger partial charge >= 0.3 is 0 Å². The molecule has 1 saturated heterocycles. The number of hydrazine groups is 1. The van der Waals surface area contributed by atoms with Gasteiger partial charge in [-0.3, -0.25) is 19.7 Å². The molecule has 9 nitrogen and oxygen atoms in total. The molecule has 2 N–H and O–H groups in total. The zero-order valence-corrected chi connectivity index (χ0v) is 20.6. The third-order valence-corrected chi connectivity index (χ3v) is 7.68. The lowest BCUT2D eigenvalue weighted by molar-refractivity contribution is -0.117. The fourth-order valence-corrected chi connectivity index (χ4v) is 5.38. The van der Waals surface area contributed by atoms with Gasteiger partial charge in [0.1, 0.15) is 17.1 Å². The quantitative estimate of drug-likeness (QED) is 0.278. The molecule has 5 rings (SSSR count). The summed E-state index contributed by atoms with van der Waals surface area (Å²) >= 11 is 1.18. The van der Waals surface area contributed by atoms with Gasteiger partial charge in [0.15, 0.2) is 5.13 Å². The van der Waals surface area contributed by atoms with E-state index < -0.39 is 21.8 Å². The van der Waals surface area contributed by atoms with E-state index in [2.05, 4.69) is 15.1 Å². The van der Waals surface area contributed by atoms with Gasteiger partial charge in [-0.05, 0) is 66.6 Å². The van der Waals surface area contributed by atoms with Crippen LogP contribution >= 0.6 is 11.3 Å². The van der Waals surface area contributed by atoms with Crippen LogP contribution in [0.3, 0.4) is 0 Å². The van der Waals surface area contributed by atoms with E-state index >= 15 is 0 Å². The van der Waals surface area contributed by atoms with Gasteiger partial charge in [0.05, 0.1) is 10.6 Å². The van der Waals surface area contributed by atoms with Gasteiger partial charge < -0.3 is 4.42 Å². The molecule has 1 aliphatic rings. The topological polar surface area (TPSA) is 122 Å². The van der Waals surface area contributed by atoms with Crippen LogP contribution in [0, 0.1) is 0 Å². The molecule has 2 aromatic heterocycles. The molecule has 0 aliphatic carbocycles. The third kappa shape index (κ3) is 4.66. The van der Waals surface area contributed by atoms with E-state index in [9.17, 15) is 18.0 Å². The summed E-state index contributed by atoms with van der Waals surface area (Å²) in [6.45, 7) is 2.04. The summed E-state index contributed by atoms with van der Waals surface area (Å²) in [5.74, 6) is -0.241. The first-order valence-corrected chi connectivity index (χ1v) is 13.3. The van der Waals surface area contributed by atoms with Crippen molar-refractivity contribution in [3.05, 3.63) is 89.1 Å². The van der Waals surface area contributed by atoms with Crippen molar-refractivity contribution in [3.63, 3.8) is 0 Å². The number of nitrogens with one attached hydrogen (secondary N) is 2. The van der Waals surface area contributed by atoms with Crippen LogP contribution in [0.4, 0.5) is 10.8 Å². The van der Waals surface area contributed by atoms with Crippen molar-refractivity contribution in [2.24, 2.45) is 0 Å². The number of aromatic nitrogens is 1. The minimum absolute atomic E-state index is 0.0508. The van der Waals surface area contributed by atoms with Crippen LogP contribution in [-0.2, 0) is 26.0 Å². The van der Waals surface area contributed by atoms with Crippen molar-refractivity contribution in [1.29, 1.82) is 0 Å². The van der Waals surface area contributed by atoms with Crippen molar-refractivity contribution in [3.8, 4) is 11.3 Å². The number of hydrogen-bond donors (Lipinski definition) is 2. The number of carbonyl (C=O) groups is 2. The van der Waals surface area contributed by atoms with E-state index in [4.69, 9.17) is 4.42 Å². The van der Waals surface area contributed by atoms with E-state index in [0.29, 0.717) is 22.8 Å². The first-order valence-electron chi connectivity index (χ1n) is 10.9. The first-order chi connectivity index (χ1) is 17.3. The average molecular weight is 521 g/mol. The Morgan fingerprint density at radius 1 is 1.06 bits per heavy atom. The molecule has 4 aromatic rings. The normalized spacial score (nSPS) is 14.9. The molecule has 36 heavy (non-hydrogen) atoms. The molecule has 1 aliphatic heterocycles. The molecule has 0 bridgehead atoms. The van der Waals surface area contributed by atoms with Crippen molar-refractivity contribution >= 4 is 50.1 Å². The molecule has 0 spiro atoms. The molecule has 0 radical (unpaired) electrons. The van der Waals surface area contributed by atoms with Crippen LogP contribution in [-0.4, -0.2) is 25.2 Å². The number of aryl methyl sites for hydroxylation is 1. The van der Waals surface area contributed by atoms with Crippen LogP contribution in [0.15, 0.2) is 87.1 Å². The van der Waals surface area contributed by atoms with Gasteiger partial charge in [0.2, 0.25) is 0 Å². The van der Waals surface area contributed by atoms with Crippen molar-refractivity contribution in [1.82, 2.24) is 10.4 Å². The van der Waals surface area contributed by atoms with E-state index in [1.807, 2.05) is 19.1 Å². The summed E-state index contributed by atoms with van der Waals surface area (Å²) in [5.41, 5.74) is 4.84. The highest BCUT2D eigenvalue weighted by molar-refractivity contribution is 7.93. The fourth-order valence-electron chi connectivity index (χ4n) is 3.59. The Morgan fingerprint density at radius 2 is 1.81 bits per heavy atom. The zero-order valence-electron chi connectivity index (χ0n) is 19.0. The van der Waals surface area contributed by atoms with Crippen LogP contribution in [0.25, 0.3) is 17.4 Å². The predicted molar refractivity (Wildman–Crippen MR) is 136 cm³/mol. The number of sulfonamides is 1. The van der Waals surface area contributed by atoms with Gasteiger partial charge in [-0.2, -0.15) is 0 Å². The Labute approximate surface area is 211 Å². The van der Waals surface area contributed by atoms with Gasteiger partial charge in [0, 0.05) is 17.1 Å². The monoisotopic (exact) mass is 520 g/mol. The Bertz CT molecular complexity index is 1560. The van der Waals surface area contributed by atoms with Gasteiger partial charge in [-0.25, -0.2) is 18.4 Å². The number of nitrogens with zero attached hydrogens (tertiary/aromatic N) is 2. The maximum atomic E-state index is 12.9. The Hall–Kier alpha value is -4.22. The predicted octanol–water partition coefficient (Wildman–Crippen LogP) is 4.23. The number of furan rings is 1. The number of hydrogen-bond acceptors (Lipinski definition) is 7. The summed E-state index contributed by atoms with van der Waals surface area (Å²) < 4.78 is 33.3. The molecule has 0 atom stereocenters. The number of anilines is 2. The third-order valence-electron chi connectivity index (χ3n) is 5.51. The molecule has 11 heteroatoms. The highest BCUT2D eigenvalue weighted by atomic mass is 32.2. The van der Waals surface area contributed by atoms with Gasteiger partial charge in [-0.15, -0.1) is 11.3 Å². The summed E-state index contributed by atoms with van der Waals surface area (Å²) in [7, 11) is -3.77. The van der Waals surface area contributed by atoms with Crippen LogP contribution < -0.4 is 15.2 Å². The molecule has 2 aromatic carbocycles. The first kappa shape index (κ1) is 23.5. The standard InChI is InChI=1S/C25H20N4O5S2/c1-2-16-3-7-18(8-4-16)29-24(31)21(23(30)27-29)15-19-9-12-22(34-19)17-5-10-20(11-6-17)36(32,33)28-25-26-13-14-35-25/h3-15H,2H2,1H3,(H,26,28)(H,27,30)/b21-15-. The Balaban J connectivity index is 1.33. The van der Waals surface area contributed by atoms with Crippen molar-refractivity contribution in [2.75, 3.05) is 9.73 Å². The minimum Gasteiger partial charge on any atom is -0.457 e. The average Bonchev–Trinajstić information content (AvgIpc) is 3.62. The number of benzene rings is 2. The lowest BCUT2D eigenvalue weighted by Crippen LogP contribution is -2.35. The molecule has 0 saturated carbocycles. The highest BCUT2D eigenvalue weighted by Gasteiger charge is 2.34. The Kier molecular flexibility index (Phi) is 6.17. The summed E-state index contributed by atoms with van der Waals surface area (Å²) in [6, 6.07) is 16.8. The molecular formula is C25H20N4O5S2. The van der Waals surface area contributed by atoms with E-state index in [1.54, 1.807) is 41.8 Å². The summed E-state index contributed by atoms with van der Waals surface area (Å²) in [6.07, 6.45) is 3.77. The molecular weight excluding hydrogens is 500 g/mol. The second kappa shape index (κ2) is 9.44. The van der Waals surface area contributed by atoms with E-state index in [-0.39, 0.29) is 15.6 Å². The second-order valence-electron chi connectivity index (χ2n) is 7.83. The molecule has 0 unspecified atom stereocenters. The van der Waals surface area contributed by atoms with E-state index in [1.165, 1.54) is 40.8 Å². The van der Waals surface area contributed by atoms with Gasteiger partial charge in [0.25, 0.3) is 21.8 Å². The Morgan fingerprint density at radius 3 is 2.47 bits per heavy atom. The maximum Gasteiger partial charge on any atom is 0.282 e. The number of carbonyl (C=O) groups excluding carboxylic acids is 2. The summed E-state index contributed by atoms with van der Waals surface area (Å²) in [4.78, 5) is 29.3. The molecule has 1 fully saturated rings. The lowest BCUT2D eigenvalue weighted by Gasteiger charge is -2.14.